The van der Waals surface area contributed by atoms with E-state index in [1.165, 1.54) is 22.7 Å². The molecule has 2 aromatic heterocycles. The number of hydrazine groups is 1. The smallest absolute Gasteiger partial charge is 0.341 e. The van der Waals surface area contributed by atoms with Gasteiger partial charge < -0.3 is 10.1 Å². The van der Waals surface area contributed by atoms with E-state index >= 15 is 0 Å². The number of ether oxygens (including phenoxy) is 1. The van der Waals surface area contributed by atoms with Crippen LogP contribution in [0.5, 0.6) is 0 Å². The molecule has 3 aromatic rings. The van der Waals surface area contributed by atoms with Gasteiger partial charge in [0.15, 0.2) is 5.11 Å². The number of amides is 1. The molecule has 6 nitrogen and oxygen atoms in total. The second kappa shape index (κ2) is 10.7. The quantitative estimate of drug-likeness (QED) is 0.240. The summed E-state index contributed by atoms with van der Waals surface area (Å²) in [4.78, 5) is 26.0. The molecule has 30 heavy (non-hydrogen) atoms. The van der Waals surface area contributed by atoms with Crippen LogP contribution in [0.3, 0.4) is 0 Å². The van der Waals surface area contributed by atoms with Crippen molar-refractivity contribution in [2.75, 3.05) is 11.9 Å². The van der Waals surface area contributed by atoms with Crippen LogP contribution in [0, 0.1) is 0 Å². The van der Waals surface area contributed by atoms with Crippen molar-refractivity contribution in [3.8, 4) is 0 Å². The molecule has 0 bridgehead atoms. The summed E-state index contributed by atoms with van der Waals surface area (Å²) in [7, 11) is 0. The fourth-order valence-electron chi connectivity index (χ4n) is 2.53. The first kappa shape index (κ1) is 22.4. The molecule has 0 aliphatic carbocycles. The SMILES string of the molecule is CCOC(=O)c1cc(Cc2ccccc2)sc1NC(=S)NNC(=O)c1ccc(Br)s1. The van der Waals surface area contributed by atoms with Crippen molar-refractivity contribution >= 4 is 72.8 Å². The van der Waals surface area contributed by atoms with Gasteiger partial charge in [-0.3, -0.25) is 15.6 Å². The van der Waals surface area contributed by atoms with Crippen molar-refractivity contribution < 1.29 is 14.3 Å². The molecule has 2 heterocycles. The Morgan fingerprint density at radius 2 is 1.87 bits per heavy atom. The Balaban J connectivity index is 1.68. The van der Waals surface area contributed by atoms with E-state index in [-0.39, 0.29) is 17.6 Å². The minimum atomic E-state index is -0.425. The van der Waals surface area contributed by atoms with Gasteiger partial charge in [-0.05, 0) is 58.8 Å². The topological polar surface area (TPSA) is 79.5 Å². The molecule has 0 aliphatic rings. The van der Waals surface area contributed by atoms with Gasteiger partial charge in [-0.15, -0.1) is 22.7 Å². The maximum absolute atomic E-state index is 12.4. The lowest BCUT2D eigenvalue weighted by atomic mass is 10.1. The highest BCUT2D eigenvalue weighted by Crippen LogP contribution is 2.30. The molecule has 10 heteroatoms. The van der Waals surface area contributed by atoms with Crippen LogP contribution < -0.4 is 16.2 Å². The normalized spacial score (nSPS) is 10.3. The van der Waals surface area contributed by atoms with Crippen LogP contribution in [0.4, 0.5) is 5.00 Å². The molecule has 0 atom stereocenters. The molecule has 0 saturated heterocycles. The van der Waals surface area contributed by atoms with Gasteiger partial charge in [0.25, 0.3) is 5.91 Å². The second-order valence-electron chi connectivity index (χ2n) is 5.98. The van der Waals surface area contributed by atoms with E-state index in [9.17, 15) is 9.59 Å². The predicted octanol–water partition coefficient (Wildman–Crippen LogP) is 4.97. The summed E-state index contributed by atoms with van der Waals surface area (Å²) in [5, 5.41) is 3.71. The largest absolute Gasteiger partial charge is 0.462 e. The highest BCUT2D eigenvalue weighted by Gasteiger charge is 2.19. The van der Waals surface area contributed by atoms with E-state index < -0.39 is 5.97 Å². The van der Waals surface area contributed by atoms with Gasteiger partial charge in [0.1, 0.15) is 5.00 Å². The first-order valence-electron chi connectivity index (χ1n) is 8.92. The molecule has 1 aromatic carbocycles. The van der Waals surface area contributed by atoms with E-state index in [4.69, 9.17) is 17.0 Å². The minimum Gasteiger partial charge on any atom is -0.462 e. The van der Waals surface area contributed by atoms with Gasteiger partial charge in [0.2, 0.25) is 0 Å². The number of anilines is 1. The van der Waals surface area contributed by atoms with Crippen molar-refractivity contribution in [3.05, 3.63) is 73.2 Å². The zero-order valence-corrected chi connectivity index (χ0v) is 19.9. The van der Waals surface area contributed by atoms with E-state index in [1.807, 2.05) is 36.4 Å². The van der Waals surface area contributed by atoms with Gasteiger partial charge in [0.05, 0.1) is 20.8 Å². The fraction of sp³-hybridized carbons (Fsp3) is 0.150. The molecule has 0 spiro atoms. The summed E-state index contributed by atoms with van der Waals surface area (Å²) in [5.41, 5.74) is 6.74. The van der Waals surface area contributed by atoms with Gasteiger partial charge in [-0.25, -0.2) is 4.79 Å². The van der Waals surface area contributed by atoms with Gasteiger partial charge in [0, 0.05) is 11.3 Å². The molecule has 3 N–H and O–H groups in total. The molecule has 0 radical (unpaired) electrons. The van der Waals surface area contributed by atoms with Crippen LogP contribution in [0.2, 0.25) is 0 Å². The Kier molecular flexibility index (Phi) is 7.97. The molecule has 0 saturated carbocycles. The lowest BCUT2D eigenvalue weighted by Crippen LogP contribution is -2.43. The van der Waals surface area contributed by atoms with E-state index in [0.29, 0.717) is 21.9 Å². The molecular weight excluding hydrogens is 506 g/mol. The zero-order valence-electron chi connectivity index (χ0n) is 15.9. The number of halogens is 1. The lowest BCUT2D eigenvalue weighted by molar-refractivity contribution is 0.0528. The van der Waals surface area contributed by atoms with E-state index in [1.54, 1.807) is 19.1 Å². The van der Waals surface area contributed by atoms with Crippen molar-refractivity contribution in [2.45, 2.75) is 13.3 Å². The molecule has 0 fully saturated rings. The lowest BCUT2D eigenvalue weighted by Gasteiger charge is -2.11. The zero-order chi connectivity index (χ0) is 21.5. The molecule has 0 unspecified atom stereocenters. The summed E-state index contributed by atoms with van der Waals surface area (Å²) in [6, 6.07) is 15.3. The van der Waals surface area contributed by atoms with Crippen LogP contribution in [-0.2, 0) is 11.2 Å². The number of rotatable bonds is 6. The summed E-state index contributed by atoms with van der Waals surface area (Å²) in [6.45, 7) is 2.03. The molecule has 156 valence electrons. The van der Waals surface area contributed by atoms with Crippen LogP contribution in [0.15, 0.2) is 52.3 Å². The van der Waals surface area contributed by atoms with Gasteiger partial charge in [-0.1, -0.05) is 30.3 Å². The highest BCUT2D eigenvalue weighted by atomic mass is 79.9. The van der Waals surface area contributed by atoms with E-state index in [0.717, 1.165) is 14.2 Å². The maximum Gasteiger partial charge on any atom is 0.341 e. The predicted molar refractivity (Wildman–Crippen MR) is 128 cm³/mol. The Labute approximate surface area is 195 Å². The number of hydrogen-bond donors (Lipinski definition) is 3. The van der Waals surface area contributed by atoms with Crippen molar-refractivity contribution in [1.82, 2.24) is 10.9 Å². The number of thiocarbonyl (C=S) groups is 1. The molecular formula is C20H18BrN3O3S3. The third-order valence-corrected chi connectivity index (χ3v) is 6.69. The molecule has 3 rings (SSSR count). The average Bonchev–Trinajstić information content (AvgIpc) is 3.33. The second-order valence-corrected chi connectivity index (χ2v) is 9.98. The highest BCUT2D eigenvalue weighted by molar-refractivity contribution is 9.11. The first-order valence-corrected chi connectivity index (χ1v) is 11.8. The van der Waals surface area contributed by atoms with Crippen LogP contribution in [-0.4, -0.2) is 23.6 Å². The number of carbonyl (C=O) groups is 2. The van der Waals surface area contributed by atoms with Crippen LogP contribution >= 0.6 is 50.8 Å². The Hall–Kier alpha value is -2.27. The van der Waals surface area contributed by atoms with Gasteiger partial charge in [-0.2, -0.15) is 0 Å². The standard InChI is InChI=1S/C20H18BrN3O3S3/c1-2-27-19(26)14-11-13(10-12-6-4-3-5-7-12)29-18(14)22-20(28)24-23-17(25)15-8-9-16(21)30-15/h3-9,11H,2,10H2,1H3,(H,23,25)(H2,22,24,28). The maximum atomic E-state index is 12.4. The van der Waals surface area contributed by atoms with Crippen molar-refractivity contribution in [2.24, 2.45) is 0 Å². The number of hydrogen-bond acceptors (Lipinski definition) is 6. The first-order chi connectivity index (χ1) is 14.5. The Bertz CT molecular complexity index is 1050. The third kappa shape index (κ3) is 6.11. The van der Waals surface area contributed by atoms with E-state index in [2.05, 4.69) is 32.1 Å². The number of carbonyl (C=O) groups excluding carboxylic acids is 2. The number of esters is 1. The van der Waals surface area contributed by atoms with Crippen molar-refractivity contribution in [3.63, 3.8) is 0 Å². The Morgan fingerprint density at radius 3 is 2.53 bits per heavy atom. The Morgan fingerprint density at radius 1 is 1.10 bits per heavy atom. The molecule has 0 aliphatic heterocycles. The fourth-order valence-corrected chi connectivity index (χ4v) is 5.11. The number of benzene rings is 1. The summed E-state index contributed by atoms with van der Waals surface area (Å²) in [5.74, 6) is -0.734. The summed E-state index contributed by atoms with van der Waals surface area (Å²) in [6.07, 6.45) is 0.684. The third-order valence-electron chi connectivity index (χ3n) is 3.81. The number of nitrogens with one attached hydrogen (secondary N) is 3. The van der Waals surface area contributed by atoms with Crippen LogP contribution in [0.25, 0.3) is 0 Å². The van der Waals surface area contributed by atoms with Crippen molar-refractivity contribution in [1.29, 1.82) is 0 Å². The molecule has 1 amide bonds. The average molecular weight is 524 g/mol. The number of thiophene rings is 2. The van der Waals surface area contributed by atoms with Crippen LogP contribution in [0.1, 0.15) is 37.4 Å². The summed E-state index contributed by atoms with van der Waals surface area (Å²) >= 11 is 11.3. The van der Waals surface area contributed by atoms with Gasteiger partial charge >= 0.3 is 5.97 Å². The monoisotopic (exact) mass is 523 g/mol. The minimum absolute atomic E-state index is 0.164. The summed E-state index contributed by atoms with van der Waals surface area (Å²) < 4.78 is 6.02.